The van der Waals surface area contributed by atoms with Crippen LogP contribution in [0.5, 0.6) is 0 Å². The van der Waals surface area contributed by atoms with Gasteiger partial charge < -0.3 is 9.64 Å². The molecule has 1 heterocycles. The third-order valence-electron chi connectivity index (χ3n) is 3.25. The molecule has 0 radical (unpaired) electrons. The van der Waals surface area contributed by atoms with Gasteiger partial charge in [-0.2, -0.15) is 13.2 Å². The van der Waals surface area contributed by atoms with E-state index in [1.54, 1.807) is 17.9 Å². The Kier molecular flexibility index (Phi) is 4.08. The van der Waals surface area contributed by atoms with Gasteiger partial charge in [0.05, 0.1) is 6.54 Å². The van der Waals surface area contributed by atoms with E-state index in [4.69, 9.17) is 5.73 Å². The maximum atomic E-state index is 13.7. The number of hydrogen-bond acceptors (Lipinski definition) is 4. The van der Waals surface area contributed by atoms with Crippen molar-refractivity contribution in [1.29, 1.82) is 0 Å². The molecule has 0 saturated heterocycles. The number of hydrogen-bond donors (Lipinski definition) is 1. The fourth-order valence-electron chi connectivity index (χ4n) is 2.44. The molecule has 0 amide bonds. The highest BCUT2D eigenvalue weighted by molar-refractivity contribution is 5.75. The molecule has 1 aromatic rings. The van der Waals surface area contributed by atoms with Crippen molar-refractivity contribution < 1.29 is 27.1 Å². The van der Waals surface area contributed by atoms with Crippen LogP contribution in [0.3, 0.4) is 0 Å². The van der Waals surface area contributed by atoms with Gasteiger partial charge in [-0.05, 0) is 12.1 Å². The molecule has 1 aromatic carbocycles. The predicted octanol–water partition coefficient (Wildman–Crippen LogP) is 2.14. The van der Waals surface area contributed by atoms with Gasteiger partial charge >= 0.3 is 12.1 Å². The second-order valence-corrected chi connectivity index (χ2v) is 4.92. The lowest BCUT2D eigenvalue weighted by Crippen LogP contribution is -2.42. The van der Waals surface area contributed by atoms with E-state index in [-0.39, 0.29) is 18.3 Å². The zero-order valence-corrected chi connectivity index (χ0v) is 11.2. The van der Waals surface area contributed by atoms with E-state index in [1.165, 1.54) is 12.1 Å². The number of nitrogens with zero attached hydrogens (tertiary/aromatic N) is 1. The number of esters is 1. The number of anilines is 1. The summed E-state index contributed by atoms with van der Waals surface area (Å²) in [6.45, 7) is 2.06. The Balaban J connectivity index is 2.06. The predicted molar refractivity (Wildman–Crippen MR) is 67.2 cm³/mol. The highest BCUT2D eigenvalue weighted by atomic mass is 19.4. The molecule has 0 fully saturated rings. The molecule has 21 heavy (non-hydrogen) atoms. The van der Waals surface area contributed by atoms with Gasteiger partial charge in [0.1, 0.15) is 5.82 Å². The molecule has 0 aromatic heterocycles. The van der Waals surface area contributed by atoms with Crippen LogP contribution in [0.15, 0.2) is 18.2 Å². The molecule has 0 aliphatic carbocycles. The zero-order valence-electron chi connectivity index (χ0n) is 11.2. The van der Waals surface area contributed by atoms with Gasteiger partial charge in [-0.1, -0.05) is 13.0 Å². The molecule has 0 spiro atoms. The first kappa shape index (κ1) is 15.6. The van der Waals surface area contributed by atoms with Crippen molar-refractivity contribution in [3.63, 3.8) is 0 Å². The molecular weight excluding hydrogens is 292 g/mol. The number of carbonyl (C=O) groups is 1. The quantitative estimate of drug-likeness (QED) is 0.528. The maximum absolute atomic E-state index is 13.7. The van der Waals surface area contributed by atoms with Crippen molar-refractivity contribution in [3.05, 3.63) is 29.6 Å². The van der Waals surface area contributed by atoms with E-state index in [9.17, 15) is 22.4 Å². The van der Waals surface area contributed by atoms with Crippen molar-refractivity contribution in [1.82, 2.24) is 0 Å². The number of nitrogens with two attached hydrogens (primary N) is 1. The first-order chi connectivity index (χ1) is 9.70. The Morgan fingerprint density at radius 1 is 1.52 bits per heavy atom. The summed E-state index contributed by atoms with van der Waals surface area (Å²) >= 11 is 0. The summed E-state index contributed by atoms with van der Waals surface area (Å²) in [6.07, 6.45) is -6.53. The third kappa shape index (κ3) is 3.26. The number of rotatable bonds is 3. The van der Waals surface area contributed by atoms with Crippen molar-refractivity contribution in [2.45, 2.75) is 25.2 Å². The number of fused-ring (bicyclic) bond motifs is 1. The zero-order chi connectivity index (χ0) is 15.8. The molecule has 2 N–H and O–H groups in total. The lowest BCUT2D eigenvalue weighted by Gasteiger charge is -2.24. The second kappa shape index (κ2) is 5.51. The fraction of sp³-hybridized carbons (Fsp3) is 0.462. The second-order valence-electron chi connectivity index (χ2n) is 4.92. The topological polar surface area (TPSA) is 55.6 Å². The minimum atomic E-state index is -5.08. The van der Waals surface area contributed by atoms with Crippen LogP contribution >= 0.6 is 0 Å². The Bertz CT molecular complexity index is 547. The Morgan fingerprint density at radius 2 is 2.19 bits per heavy atom. The summed E-state index contributed by atoms with van der Waals surface area (Å²) in [5.41, 5.74) is 6.46. The van der Waals surface area contributed by atoms with Gasteiger partial charge in [0.15, 0.2) is 6.23 Å². The highest BCUT2D eigenvalue weighted by Crippen LogP contribution is 2.37. The lowest BCUT2D eigenvalue weighted by molar-refractivity contribution is -0.204. The van der Waals surface area contributed by atoms with Gasteiger partial charge in [0.2, 0.25) is 0 Å². The van der Waals surface area contributed by atoms with Gasteiger partial charge in [-0.3, -0.25) is 5.73 Å². The third-order valence-corrected chi connectivity index (χ3v) is 3.25. The van der Waals surface area contributed by atoms with Crippen LogP contribution in [-0.4, -0.2) is 31.5 Å². The smallest absolute Gasteiger partial charge is 0.438 e. The van der Waals surface area contributed by atoms with Crippen molar-refractivity contribution in [3.8, 4) is 0 Å². The molecule has 8 heteroatoms. The van der Waals surface area contributed by atoms with E-state index in [1.807, 2.05) is 0 Å². The van der Waals surface area contributed by atoms with Crippen LogP contribution in [0.1, 0.15) is 18.4 Å². The molecule has 1 aliphatic rings. The van der Waals surface area contributed by atoms with Crippen molar-refractivity contribution in [2.75, 3.05) is 18.0 Å². The first-order valence-corrected chi connectivity index (χ1v) is 6.27. The molecule has 2 unspecified atom stereocenters. The van der Waals surface area contributed by atoms with E-state index in [2.05, 4.69) is 4.74 Å². The largest absolute Gasteiger partial charge is 0.490 e. The Labute approximate surface area is 118 Å². The average molecular weight is 306 g/mol. The van der Waals surface area contributed by atoms with Crippen LogP contribution in [0.25, 0.3) is 0 Å². The summed E-state index contributed by atoms with van der Waals surface area (Å²) in [6, 6.07) is 4.48. The number of halogens is 4. The normalized spacial score (nSPS) is 19.3. The van der Waals surface area contributed by atoms with Crippen LogP contribution in [0, 0.1) is 5.82 Å². The minimum Gasteiger partial charge on any atom is -0.438 e. The van der Waals surface area contributed by atoms with E-state index < -0.39 is 18.4 Å². The van der Waals surface area contributed by atoms with Crippen LogP contribution in [0.4, 0.5) is 23.2 Å². The van der Waals surface area contributed by atoms with Gasteiger partial charge in [-0.15, -0.1) is 0 Å². The summed E-state index contributed by atoms with van der Waals surface area (Å²) in [7, 11) is 0. The molecule has 0 saturated carbocycles. The monoisotopic (exact) mass is 306 g/mol. The number of ether oxygens (including phenoxy) is 1. The van der Waals surface area contributed by atoms with E-state index in [0.717, 1.165) is 0 Å². The molecule has 2 rings (SSSR count). The molecule has 4 nitrogen and oxygen atoms in total. The van der Waals surface area contributed by atoms with Gasteiger partial charge in [0, 0.05) is 23.7 Å². The number of carbonyl (C=O) groups excluding carboxylic acids is 1. The number of benzene rings is 1. The maximum Gasteiger partial charge on any atom is 0.490 e. The summed E-state index contributed by atoms with van der Waals surface area (Å²) in [4.78, 5) is 12.3. The first-order valence-electron chi connectivity index (χ1n) is 6.27. The minimum absolute atomic E-state index is 0.119. The average Bonchev–Trinajstić information content (AvgIpc) is 2.66. The molecule has 0 bridgehead atoms. The summed E-state index contributed by atoms with van der Waals surface area (Å²) < 4.78 is 54.1. The van der Waals surface area contributed by atoms with Crippen LogP contribution in [-0.2, 0) is 9.53 Å². The molecular formula is C13H14F4N2O2. The van der Waals surface area contributed by atoms with Crippen molar-refractivity contribution in [2.24, 2.45) is 5.73 Å². The molecule has 2 atom stereocenters. The number of alkyl halides is 3. The molecule has 116 valence electrons. The van der Waals surface area contributed by atoms with Crippen LogP contribution in [0.2, 0.25) is 0 Å². The van der Waals surface area contributed by atoms with Gasteiger partial charge in [0.25, 0.3) is 0 Å². The summed E-state index contributed by atoms with van der Waals surface area (Å²) in [5, 5.41) is 0. The summed E-state index contributed by atoms with van der Waals surface area (Å²) in [5.74, 6) is -2.82. The fourth-order valence-corrected chi connectivity index (χ4v) is 2.44. The van der Waals surface area contributed by atoms with E-state index >= 15 is 0 Å². The Hall–Kier alpha value is -1.83. The van der Waals surface area contributed by atoms with E-state index in [0.29, 0.717) is 17.8 Å². The SMILES string of the molecule is CC1CN(CC(N)OC(=O)C(F)(F)F)c2cccc(F)c21. The lowest BCUT2D eigenvalue weighted by atomic mass is 10.0. The van der Waals surface area contributed by atoms with Gasteiger partial charge in [-0.25, -0.2) is 9.18 Å². The van der Waals surface area contributed by atoms with Crippen LogP contribution < -0.4 is 10.6 Å². The standard InChI is InChI=1S/C13H14F4N2O2/c1-7-5-19(9-4-2-3-8(14)11(7)9)6-10(18)21-12(20)13(15,16)17/h2-4,7,10H,5-6,18H2,1H3. The highest BCUT2D eigenvalue weighted by Gasteiger charge is 2.42. The molecule has 1 aliphatic heterocycles. The Morgan fingerprint density at radius 3 is 2.81 bits per heavy atom. The van der Waals surface area contributed by atoms with Crippen molar-refractivity contribution >= 4 is 11.7 Å².